The van der Waals surface area contributed by atoms with E-state index in [2.05, 4.69) is 50.9 Å². The largest absolute Gasteiger partial charge is 0.488 e. The molecule has 0 fully saturated rings. The van der Waals surface area contributed by atoms with Crippen molar-refractivity contribution < 1.29 is 4.74 Å². The Kier molecular flexibility index (Phi) is 4.51. The lowest BCUT2D eigenvalue weighted by molar-refractivity contribution is 0.298. The summed E-state index contributed by atoms with van der Waals surface area (Å²) in [7, 11) is 0. The Morgan fingerprint density at radius 3 is 2.57 bits per heavy atom. The molecule has 1 aromatic carbocycles. The van der Waals surface area contributed by atoms with E-state index >= 15 is 0 Å². The number of aryl methyl sites for hydroxylation is 1. The quantitative estimate of drug-likeness (QED) is 0.919. The van der Waals surface area contributed by atoms with Crippen LogP contribution in [0.15, 0.2) is 36.5 Å². The first-order valence-electron chi connectivity index (χ1n) is 7.37. The van der Waals surface area contributed by atoms with Crippen molar-refractivity contribution in [1.29, 1.82) is 0 Å². The number of anilines is 1. The molecule has 0 bridgehead atoms. The van der Waals surface area contributed by atoms with Crippen LogP contribution < -0.4 is 10.5 Å². The third kappa shape index (κ3) is 3.75. The molecule has 0 saturated carbocycles. The number of aromatic nitrogens is 1. The molecule has 3 heteroatoms. The minimum Gasteiger partial charge on any atom is -0.488 e. The molecule has 0 unspecified atom stereocenters. The molecule has 3 nitrogen and oxygen atoms in total. The highest BCUT2D eigenvalue weighted by atomic mass is 16.5. The smallest absolute Gasteiger partial charge is 0.129 e. The van der Waals surface area contributed by atoms with Gasteiger partial charge in [-0.3, -0.25) is 0 Å². The van der Waals surface area contributed by atoms with Crippen molar-refractivity contribution in [3.8, 4) is 5.75 Å². The zero-order valence-electron chi connectivity index (χ0n) is 13.3. The molecular weight excluding hydrogens is 260 g/mol. The summed E-state index contributed by atoms with van der Waals surface area (Å²) in [5.74, 6) is 1.45. The van der Waals surface area contributed by atoms with Crippen LogP contribution >= 0.6 is 0 Å². The summed E-state index contributed by atoms with van der Waals surface area (Å²) in [6, 6.07) is 10.2. The molecule has 1 aromatic heterocycles. The number of pyridine rings is 1. The van der Waals surface area contributed by atoms with Crippen molar-refractivity contribution in [3.63, 3.8) is 0 Å². The van der Waals surface area contributed by atoms with E-state index in [0.29, 0.717) is 12.4 Å². The molecule has 0 aliphatic rings. The van der Waals surface area contributed by atoms with Gasteiger partial charge in [0.15, 0.2) is 0 Å². The Hall–Kier alpha value is -2.03. The van der Waals surface area contributed by atoms with Gasteiger partial charge in [-0.25, -0.2) is 4.98 Å². The van der Waals surface area contributed by atoms with Gasteiger partial charge in [-0.05, 0) is 35.1 Å². The van der Waals surface area contributed by atoms with Gasteiger partial charge in [0.05, 0.1) is 0 Å². The molecule has 0 saturated heterocycles. The van der Waals surface area contributed by atoms with E-state index in [1.54, 1.807) is 6.20 Å². The molecule has 0 aliphatic carbocycles. The Morgan fingerprint density at radius 1 is 1.19 bits per heavy atom. The Labute approximate surface area is 127 Å². The third-order valence-corrected chi connectivity index (χ3v) is 3.57. The summed E-state index contributed by atoms with van der Waals surface area (Å²) in [5, 5.41) is 0. The molecule has 2 rings (SSSR count). The van der Waals surface area contributed by atoms with Crippen LogP contribution in [-0.2, 0) is 18.4 Å². The van der Waals surface area contributed by atoms with Gasteiger partial charge in [-0.1, -0.05) is 45.9 Å². The van der Waals surface area contributed by atoms with Gasteiger partial charge in [-0.15, -0.1) is 0 Å². The minimum absolute atomic E-state index is 0.0427. The van der Waals surface area contributed by atoms with Crippen molar-refractivity contribution in [2.75, 3.05) is 5.73 Å². The fraction of sp³-hybridized carbons (Fsp3) is 0.389. The Bertz CT molecular complexity index is 615. The maximum absolute atomic E-state index is 6.01. The standard InChI is InChI=1S/C18H24N2O/c1-5-13-8-9-16(15(11-13)18(2,3)4)21-12-14-7-6-10-20-17(14)19/h6-11H,5,12H2,1-4H3,(H2,19,20). The topological polar surface area (TPSA) is 48.1 Å². The first-order valence-corrected chi connectivity index (χ1v) is 7.37. The van der Waals surface area contributed by atoms with Crippen molar-refractivity contribution in [3.05, 3.63) is 53.2 Å². The van der Waals surface area contributed by atoms with E-state index in [4.69, 9.17) is 10.5 Å². The number of nitrogen functional groups attached to an aromatic ring is 1. The monoisotopic (exact) mass is 284 g/mol. The predicted molar refractivity (Wildman–Crippen MR) is 87.5 cm³/mol. The summed E-state index contributed by atoms with van der Waals surface area (Å²) in [5.41, 5.74) is 9.37. The van der Waals surface area contributed by atoms with E-state index in [9.17, 15) is 0 Å². The van der Waals surface area contributed by atoms with Crippen LogP contribution in [0.2, 0.25) is 0 Å². The summed E-state index contributed by atoms with van der Waals surface area (Å²) < 4.78 is 6.01. The number of nitrogens with two attached hydrogens (primary N) is 1. The first kappa shape index (κ1) is 15.4. The molecule has 0 spiro atoms. The molecule has 2 N–H and O–H groups in total. The zero-order chi connectivity index (χ0) is 15.5. The molecule has 0 aliphatic heterocycles. The van der Waals surface area contributed by atoms with Crippen LogP contribution in [0.1, 0.15) is 44.4 Å². The highest BCUT2D eigenvalue weighted by molar-refractivity contribution is 5.43. The number of hydrogen-bond donors (Lipinski definition) is 1. The lowest BCUT2D eigenvalue weighted by Gasteiger charge is -2.24. The van der Waals surface area contributed by atoms with E-state index < -0.39 is 0 Å². The number of benzene rings is 1. The second kappa shape index (κ2) is 6.17. The fourth-order valence-electron chi connectivity index (χ4n) is 2.24. The van der Waals surface area contributed by atoms with Crippen LogP contribution in [0.5, 0.6) is 5.75 Å². The van der Waals surface area contributed by atoms with Crippen LogP contribution in [0.3, 0.4) is 0 Å². The van der Waals surface area contributed by atoms with Gasteiger partial charge >= 0.3 is 0 Å². The molecule has 0 radical (unpaired) electrons. The van der Waals surface area contributed by atoms with E-state index in [-0.39, 0.29) is 5.41 Å². The molecule has 0 atom stereocenters. The molecular formula is C18H24N2O. The molecule has 112 valence electrons. The van der Waals surface area contributed by atoms with E-state index in [0.717, 1.165) is 17.7 Å². The maximum atomic E-state index is 6.01. The summed E-state index contributed by atoms with van der Waals surface area (Å²) in [6.07, 6.45) is 2.72. The van der Waals surface area contributed by atoms with Crippen LogP contribution in [-0.4, -0.2) is 4.98 Å². The third-order valence-electron chi connectivity index (χ3n) is 3.57. The zero-order valence-corrected chi connectivity index (χ0v) is 13.3. The van der Waals surface area contributed by atoms with Crippen molar-refractivity contribution in [1.82, 2.24) is 4.98 Å². The van der Waals surface area contributed by atoms with Crippen LogP contribution in [0.25, 0.3) is 0 Å². The lowest BCUT2D eigenvalue weighted by atomic mass is 9.85. The average molecular weight is 284 g/mol. The van der Waals surface area contributed by atoms with E-state index in [1.807, 2.05) is 12.1 Å². The minimum atomic E-state index is 0.0427. The lowest BCUT2D eigenvalue weighted by Crippen LogP contribution is -2.14. The Balaban J connectivity index is 2.26. The molecule has 2 aromatic rings. The molecule has 1 heterocycles. The highest BCUT2D eigenvalue weighted by Crippen LogP contribution is 2.33. The highest BCUT2D eigenvalue weighted by Gasteiger charge is 2.19. The van der Waals surface area contributed by atoms with Crippen molar-refractivity contribution in [2.45, 2.75) is 46.1 Å². The van der Waals surface area contributed by atoms with Crippen LogP contribution in [0.4, 0.5) is 5.82 Å². The number of nitrogens with zero attached hydrogens (tertiary/aromatic N) is 1. The van der Waals surface area contributed by atoms with Crippen molar-refractivity contribution >= 4 is 5.82 Å². The average Bonchev–Trinajstić information content (AvgIpc) is 2.45. The first-order chi connectivity index (χ1) is 9.91. The summed E-state index contributed by atoms with van der Waals surface area (Å²) in [6.45, 7) is 9.21. The molecule has 21 heavy (non-hydrogen) atoms. The van der Waals surface area contributed by atoms with Gasteiger partial charge in [0.25, 0.3) is 0 Å². The number of hydrogen-bond acceptors (Lipinski definition) is 3. The Morgan fingerprint density at radius 2 is 1.95 bits per heavy atom. The summed E-state index contributed by atoms with van der Waals surface area (Å²) in [4.78, 5) is 4.09. The maximum Gasteiger partial charge on any atom is 0.129 e. The molecule has 0 amide bonds. The second-order valence-corrected chi connectivity index (χ2v) is 6.27. The van der Waals surface area contributed by atoms with Gasteiger partial charge < -0.3 is 10.5 Å². The summed E-state index contributed by atoms with van der Waals surface area (Å²) >= 11 is 0. The second-order valence-electron chi connectivity index (χ2n) is 6.27. The van der Waals surface area contributed by atoms with Gasteiger partial charge in [0, 0.05) is 11.8 Å². The van der Waals surface area contributed by atoms with Crippen molar-refractivity contribution in [2.24, 2.45) is 0 Å². The number of rotatable bonds is 4. The van der Waals surface area contributed by atoms with Gasteiger partial charge in [-0.2, -0.15) is 0 Å². The predicted octanol–water partition coefficient (Wildman–Crippen LogP) is 4.10. The normalized spacial score (nSPS) is 11.4. The van der Waals surface area contributed by atoms with E-state index in [1.165, 1.54) is 11.1 Å². The van der Waals surface area contributed by atoms with Gasteiger partial charge in [0.1, 0.15) is 18.2 Å². The fourth-order valence-corrected chi connectivity index (χ4v) is 2.24. The SMILES string of the molecule is CCc1ccc(OCc2cccnc2N)c(C(C)(C)C)c1. The van der Waals surface area contributed by atoms with Gasteiger partial charge in [0.2, 0.25) is 0 Å². The van der Waals surface area contributed by atoms with Crippen LogP contribution in [0, 0.1) is 0 Å². The number of ether oxygens (including phenoxy) is 1.